The van der Waals surface area contributed by atoms with Gasteiger partial charge in [-0.3, -0.25) is 10.1 Å². The van der Waals surface area contributed by atoms with E-state index in [0.717, 1.165) is 0 Å². The van der Waals surface area contributed by atoms with Crippen molar-refractivity contribution in [3.8, 4) is 0 Å². The van der Waals surface area contributed by atoms with Crippen LogP contribution in [-0.4, -0.2) is 25.8 Å². The van der Waals surface area contributed by atoms with Crippen LogP contribution < -0.4 is 10.7 Å². The third-order valence-electron chi connectivity index (χ3n) is 2.00. The molecule has 1 aromatic carbocycles. The number of hydrogen-bond donors (Lipinski definition) is 2. The van der Waals surface area contributed by atoms with Gasteiger partial charge in [0, 0.05) is 6.07 Å². The van der Waals surface area contributed by atoms with Crippen molar-refractivity contribution in [1.29, 1.82) is 0 Å². The molecule has 1 heterocycles. The summed E-state index contributed by atoms with van der Waals surface area (Å²) >= 11 is 0. The highest BCUT2D eigenvalue weighted by Gasteiger charge is 2.14. The average molecular weight is 248 g/mol. The SMILES string of the molecule is O=C(Nc1ccccc1[N+](=O)[O-])Nn1cnnc1. The number of nitro groups is 1. The predicted octanol–water partition coefficient (Wildman–Crippen LogP) is 0.962. The minimum absolute atomic E-state index is 0.105. The molecule has 0 saturated heterocycles. The number of nitrogens with one attached hydrogen (secondary N) is 2. The summed E-state index contributed by atoms with van der Waals surface area (Å²) in [5.41, 5.74) is 2.28. The maximum Gasteiger partial charge on any atom is 0.338 e. The standard InChI is InChI=1S/C9H8N6O3/c16-9(13-14-5-10-11-6-14)12-7-3-1-2-4-8(7)15(17)18/h1-6H,(H2,12,13,16). The summed E-state index contributed by atoms with van der Waals surface area (Å²) in [6, 6.07) is 5.20. The number of nitro benzene ring substituents is 1. The number of urea groups is 1. The molecule has 9 heteroatoms. The van der Waals surface area contributed by atoms with Crippen LogP contribution in [-0.2, 0) is 0 Å². The van der Waals surface area contributed by atoms with Crippen molar-refractivity contribution < 1.29 is 9.72 Å². The number of anilines is 1. The van der Waals surface area contributed by atoms with Gasteiger partial charge < -0.3 is 5.32 Å². The zero-order chi connectivity index (χ0) is 13.0. The summed E-state index contributed by atoms with van der Waals surface area (Å²) in [7, 11) is 0. The van der Waals surface area contributed by atoms with Crippen molar-refractivity contribution in [2.45, 2.75) is 0 Å². The largest absolute Gasteiger partial charge is 0.338 e. The third kappa shape index (κ3) is 2.58. The molecule has 0 spiro atoms. The van der Waals surface area contributed by atoms with Crippen LogP contribution in [0.5, 0.6) is 0 Å². The van der Waals surface area contributed by atoms with E-state index in [1.54, 1.807) is 6.07 Å². The highest BCUT2D eigenvalue weighted by molar-refractivity contribution is 5.96. The van der Waals surface area contributed by atoms with Crippen molar-refractivity contribution in [3.63, 3.8) is 0 Å². The molecule has 2 aromatic rings. The molecular formula is C9H8N6O3. The fourth-order valence-corrected chi connectivity index (χ4v) is 1.26. The van der Waals surface area contributed by atoms with Crippen LogP contribution in [0.2, 0.25) is 0 Å². The fraction of sp³-hybridized carbons (Fsp3) is 0. The van der Waals surface area contributed by atoms with Crippen LogP contribution in [0.15, 0.2) is 36.9 Å². The van der Waals surface area contributed by atoms with Crippen molar-refractivity contribution >= 4 is 17.4 Å². The van der Waals surface area contributed by atoms with E-state index < -0.39 is 11.0 Å². The lowest BCUT2D eigenvalue weighted by Crippen LogP contribution is -2.27. The van der Waals surface area contributed by atoms with Gasteiger partial charge in [0.25, 0.3) is 5.69 Å². The van der Waals surface area contributed by atoms with Crippen LogP contribution in [0.3, 0.4) is 0 Å². The molecule has 2 N–H and O–H groups in total. The zero-order valence-electron chi connectivity index (χ0n) is 8.98. The maximum atomic E-state index is 11.5. The number of hydrogen-bond acceptors (Lipinski definition) is 5. The molecule has 2 amide bonds. The summed E-state index contributed by atoms with van der Waals surface area (Å²) in [5, 5.41) is 20.1. The lowest BCUT2D eigenvalue weighted by molar-refractivity contribution is -0.383. The van der Waals surface area contributed by atoms with Gasteiger partial charge in [0.1, 0.15) is 18.3 Å². The smallest absolute Gasteiger partial charge is 0.301 e. The Kier molecular flexibility index (Phi) is 3.14. The van der Waals surface area contributed by atoms with Crippen molar-refractivity contribution in [2.24, 2.45) is 0 Å². The minimum atomic E-state index is -0.635. The first-order valence-electron chi connectivity index (χ1n) is 4.83. The fourth-order valence-electron chi connectivity index (χ4n) is 1.26. The van der Waals surface area contributed by atoms with Gasteiger partial charge in [0.15, 0.2) is 0 Å². The summed E-state index contributed by atoms with van der Waals surface area (Å²) in [5.74, 6) is 0. The highest BCUT2D eigenvalue weighted by Crippen LogP contribution is 2.22. The van der Waals surface area contributed by atoms with Crippen molar-refractivity contribution in [3.05, 3.63) is 47.0 Å². The number of nitrogens with zero attached hydrogens (tertiary/aromatic N) is 4. The van der Waals surface area contributed by atoms with E-state index in [9.17, 15) is 14.9 Å². The number of benzene rings is 1. The lowest BCUT2D eigenvalue weighted by Gasteiger charge is -2.07. The van der Waals surface area contributed by atoms with Crippen LogP contribution in [0.1, 0.15) is 0 Å². The molecule has 0 aliphatic heterocycles. The van der Waals surface area contributed by atoms with Crippen molar-refractivity contribution in [2.75, 3.05) is 10.7 Å². The predicted molar refractivity (Wildman–Crippen MR) is 61.5 cm³/mol. The van der Waals surface area contributed by atoms with E-state index in [1.165, 1.54) is 35.5 Å². The molecule has 0 atom stereocenters. The first kappa shape index (κ1) is 11.5. The molecule has 0 aliphatic rings. The Hall–Kier alpha value is -2.97. The van der Waals surface area contributed by atoms with Crippen LogP contribution in [0.25, 0.3) is 0 Å². The molecule has 0 radical (unpaired) electrons. The molecule has 0 unspecified atom stereocenters. The summed E-state index contributed by atoms with van der Waals surface area (Å²) in [6.07, 6.45) is 2.55. The van der Waals surface area contributed by atoms with Crippen LogP contribution in [0, 0.1) is 10.1 Å². The molecule has 9 nitrogen and oxygen atoms in total. The Morgan fingerprint density at radius 3 is 2.61 bits per heavy atom. The number of carbonyl (C=O) groups excluding carboxylic acids is 1. The Morgan fingerprint density at radius 1 is 1.28 bits per heavy atom. The van der Waals surface area contributed by atoms with Gasteiger partial charge in [0.2, 0.25) is 0 Å². The van der Waals surface area contributed by atoms with Crippen molar-refractivity contribution in [1.82, 2.24) is 14.9 Å². The van der Waals surface area contributed by atoms with E-state index in [2.05, 4.69) is 20.9 Å². The van der Waals surface area contributed by atoms with E-state index in [0.29, 0.717) is 0 Å². The van der Waals surface area contributed by atoms with Crippen LogP contribution in [0.4, 0.5) is 16.2 Å². The number of aromatic nitrogens is 3. The Morgan fingerprint density at radius 2 is 1.94 bits per heavy atom. The molecule has 18 heavy (non-hydrogen) atoms. The Bertz CT molecular complexity index is 567. The third-order valence-corrected chi connectivity index (χ3v) is 2.00. The molecule has 0 fully saturated rings. The normalized spacial score (nSPS) is 9.78. The topological polar surface area (TPSA) is 115 Å². The van der Waals surface area contributed by atoms with Crippen LogP contribution >= 0.6 is 0 Å². The van der Waals surface area contributed by atoms with E-state index in [-0.39, 0.29) is 11.4 Å². The first-order chi connectivity index (χ1) is 8.66. The molecule has 1 aromatic heterocycles. The molecular weight excluding hydrogens is 240 g/mol. The summed E-state index contributed by atoms with van der Waals surface area (Å²) < 4.78 is 1.21. The molecule has 92 valence electrons. The second-order valence-corrected chi connectivity index (χ2v) is 3.21. The van der Waals surface area contributed by atoms with Gasteiger partial charge in [-0.25, -0.2) is 14.9 Å². The maximum absolute atomic E-state index is 11.5. The Labute approximate surface area is 101 Å². The Balaban J connectivity index is 2.09. The lowest BCUT2D eigenvalue weighted by atomic mass is 10.3. The van der Waals surface area contributed by atoms with E-state index in [1.807, 2.05) is 0 Å². The highest BCUT2D eigenvalue weighted by atomic mass is 16.6. The van der Waals surface area contributed by atoms with Gasteiger partial charge >= 0.3 is 6.03 Å². The molecule has 0 aliphatic carbocycles. The molecule has 0 saturated carbocycles. The minimum Gasteiger partial charge on any atom is -0.301 e. The zero-order valence-corrected chi connectivity index (χ0v) is 8.98. The number of rotatable bonds is 3. The monoisotopic (exact) mass is 248 g/mol. The van der Waals surface area contributed by atoms with Gasteiger partial charge in [0.05, 0.1) is 4.92 Å². The number of carbonyl (C=O) groups is 1. The van der Waals surface area contributed by atoms with Gasteiger partial charge in [-0.05, 0) is 6.07 Å². The molecule has 2 rings (SSSR count). The van der Waals surface area contributed by atoms with Gasteiger partial charge in [-0.2, -0.15) is 0 Å². The second kappa shape index (κ2) is 4.91. The molecule has 0 bridgehead atoms. The second-order valence-electron chi connectivity index (χ2n) is 3.21. The number of para-hydroxylation sites is 2. The quantitative estimate of drug-likeness (QED) is 0.620. The average Bonchev–Trinajstić information content (AvgIpc) is 2.82. The summed E-state index contributed by atoms with van der Waals surface area (Å²) in [4.78, 5) is 21.7. The van der Waals surface area contributed by atoms with E-state index >= 15 is 0 Å². The van der Waals surface area contributed by atoms with Gasteiger partial charge in [-0.15, -0.1) is 10.2 Å². The van der Waals surface area contributed by atoms with E-state index in [4.69, 9.17) is 0 Å². The first-order valence-corrected chi connectivity index (χ1v) is 4.83. The van der Waals surface area contributed by atoms with Gasteiger partial charge in [-0.1, -0.05) is 12.1 Å². The summed E-state index contributed by atoms with van der Waals surface area (Å²) in [6.45, 7) is 0. The number of amides is 2.